The SMILES string of the molecule is CCCCOCCNc1cc(OC)ccc1F. The van der Waals surface area contributed by atoms with Crippen molar-refractivity contribution in [2.75, 3.05) is 32.2 Å². The van der Waals surface area contributed by atoms with Gasteiger partial charge in [-0.2, -0.15) is 0 Å². The highest BCUT2D eigenvalue weighted by Gasteiger charge is 2.02. The minimum atomic E-state index is -0.278. The predicted octanol–water partition coefficient (Wildman–Crippen LogP) is 3.06. The van der Waals surface area contributed by atoms with Crippen molar-refractivity contribution in [1.82, 2.24) is 0 Å². The summed E-state index contributed by atoms with van der Waals surface area (Å²) in [5, 5.41) is 2.98. The van der Waals surface area contributed by atoms with Crippen LogP contribution < -0.4 is 10.1 Å². The van der Waals surface area contributed by atoms with E-state index < -0.39 is 0 Å². The van der Waals surface area contributed by atoms with Crippen molar-refractivity contribution in [3.05, 3.63) is 24.0 Å². The summed E-state index contributed by atoms with van der Waals surface area (Å²) in [6.07, 6.45) is 2.19. The maximum atomic E-state index is 13.4. The van der Waals surface area contributed by atoms with Crippen molar-refractivity contribution in [1.29, 1.82) is 0 Å². The van der Waals surface area contributed by atoms with Crippen LogP contribution in [0.1, 0.15) is 19.8 Å². The van der Waals surface area contributed by atoms with Gasteiger partial charge in [-0.05, 0) is 18.6 Å². The van der Waals surface area contributed by atoms with Gasteiger partial charge in [0.05, 0.1) is 19.4 Å². The third-order valence-electron chi connectivity index (χ3n) is 2.38. The van der Waals surface area contributed by atoms with Crippen molar-refractivity contribution >= 4 is 5.69 Å². The smallest absolute Gasteiger partial charge is 0.146 e. The molecule has 1 N–H and O–H groups in total. The lowest BCUT2D eigenvalue weighted by Gasteiger charge is -2.09. The molecule has 0 saturated carbocycles. The number of nitrogens with one attached hydrogen (secondary N) is 1. The molecule has 0 radical (unpaired) electrons. The number of methoxy groups -OCH3 is 1. The van der Waals surface area contributed by atoms with Gasteiger partial charge < -0.3 is 14.8 Å². The molecule has 0 aliphatic rings. The third-order valence-corrected chi connectivity index (χ3v) is 2.38. The lowest BCUT2D eigenvalue weighted by Crippen LogP contribution is -2.11. The molecule has 0 unspecified atom stereocenters. The minimum Gasteiger partial charge on any atom is -0.497 e. The van der Waals surface area contributed by atoms with Crippen LogP contribution in [-0.4, -0.2) is 26.9 Å². The predicted molar refractivity (Wildman–Crippen MR) is 67.2 cm³/mol. The number of unbranched alkanes of at least 4 members (excludes halogenated alkanes) is 1. The third kappa shape index (κ3) is 5.04. The second-order valence-corrected chi connectivity index (χ2v) is 3.74. The maximum Gasteiger partial charge on any atom is 0.146 e. The van der Waals surface area contributed by atoms with Gasteiger partial charge in [0.1, 0.15) is 11.6 Å². The molecule has 0 aliphatic carbocycles. The molecule has 1 aromatic carbocycles. The van der Waals surface area contributed by atoms with E-state index in [1.807, 2.05) is 0 Å². The van der Waals surface area contributed by atoms with Gasteiger partial charge in [-0.25, -0.2) is 4.39 Å². The Balaban J connectivity index is 2.30. The first-order chi connectivity index (χ1) is 8.27. The van der Waals surface area contributed by atoms with Gasteiger partial charge in [-0.1, -0.05) is 13.3 Å². The van der Waals surface area contributed by atoms with Crippen LogP contribution >= 0.6 is 0 Å². The summed E-state index contributed by atoms with van der Waals surface area (Å²) in [6, 6.07) is 4.62. The monoisotopic (exact) mass is 241 g/mol. The Morgan fingerprint density at radius 2 is 2.12 bits per heavy atom. The molecule has 0 aromatic heterocycles. The van der Waals surface area contributed by atoms with Crippen molar-refractivity contribution < 1.29 is 13.9 Å². The Kier molecular flexibility index (Phi) is 6.40. The van der Waals surface area contributed by atoms with Crippen LogP contribution in [0.15, 0.2) is 18.2 Å². The van der Waals surface area contributed by atoms with Crippen molar-refractivity contribution in [2.45, 2.75) is 19.8 Å². The average molecular weight is 241 g/mol. The zero-order valence-electron chi connectivity index (χ0n) is 10.5. The topological polar surface area (TPSA) is 30.5 Å². The van der Waals surface area contributed by atoms with E-state index in [9.17, 15) is 4.39 Å². The highest BCUT2D eigenvalue weighted by atomic mass is 19.1. The van der Waals surface area contributed by atoms with Gasteiger partial charge in [0, 0.05) is 19.2 Å². The molecule has 0 fully saturated rings. The molecule has 3 nitrogen and oxygen atoms in total. The van der Waals surface area contributed by atoms with E-state index in [4.69, 9.17) is 9.47 Å². The summed E-state index contributed by atoms with van der Waals surface area (Å²) in [5.74, 6) is 0.361. The first-order valence-electron chi connectivity index (χ1n) is 5.93. The Labute approximate surface area is 102 Å². The lowest BCUT2D eigenvalue weighted by molar-refractivity contribution is 0.141. The minimum absolute atomic E-state index is 0.278. The summed E-state index contributed by atoms with van der Waals surface area (Å²) < 4.78 is 23.8. The van der Waals surface area contributed by atoms with Crippen LogP contribution in [0.5, 0.6) is 5.75 Å². The van der Waals surface area contributed by atoms with Gasteiger partial charge in [0.15, 0.2) is 0 Å². The molecule has 1 rings (SSSR count). The van der Waals surface area contributed by atoms with Crippen LogP contribution in [0.4, 0.5) is 10.1 Å². The van der Waals surface area contributed by atoms with E-state index in [0.717, 1.165) is 19.4 Å². The fraction of sp³-hybridized carbons (Fsp3) is 0.538. The fourth-order valence-corrected chi connectivity index (χ4v) is 1.37. The number of hydrogen-bond acceptors (Lipinski definition) is 3. The normalized spacial score (nSPS) is 10.3. The molecule has 96 valence electrons. The van der Waals surface area contributed by atoms with E-state index in [1.54, 1.807) is 19.2 Å². The van der Waals surface area contributed by atoms with E-state index in [2.05, 4.69) is 12.2 Å². The molecule has 0 spiro atoms. The molecule has 17 heavy (non-hydrogen) atoms. The summed E-state index contributed by atoms with van der Waals surface area (Å²) in [4.78, 5) is 0. The average Bonchev–Trinajstić information content (AvgIpc) is 2.35. The Morgan fingerprint density at radius 3 is 2.82 bits per heavy atom. The van der Waals surface area contributed by atoms with Crippen LogP contribution in [0.3, 0.4) is 0 Å². The van der Waals surface area contributed by atoms with E-state index in [-0.39, 0.29) is 5.82 Å². The quantitative estimate of drug-likeness (QED) is 0.709. The van der Waals surface area contributed by atoms with E-state index in [1.165, 1.54) is 6.07 Å². The van der Waals surface area contributed by atoms with Crippen LogP contribution in [0.2, 0.25) is 0 Å². The fourth-order valence-electron chi connectivity index (χ4n) is 1.37. The van der Waals surface area contributed by atoms with E-state index in [0.29, 0.717) is 24.6 Å². The first kappa shape index (κ1) is 13.8. The summed E-state index contributed by atoms with van der Waals surface area (Å²) in [7, 11) is 1.56. The van der Waals surface area contributed by atoms with Crippen molar-refractivity contribution in [2.24, 2.45) is 0 Å². The summed E-state index contributed by atoms with van der Waals surface area (Å²) in [6.45, 7) is 4.05. The summed E-state index contributed by atoms with van der Waals surface area (Å²) in [5.41, 5.74) is 0.448. The van der Waals surface area contributed by atoms with Gasteiger partial charge in [-0.15, -0.1) is 0 Å². The highest BCUT2D eigenvalue weighted by Crippen LogP contribution is 2.20. The molecule has 0 heterocycles. The zero-order chi connectivity index (χ0) is 12.5. The second-order valence-electron chi connectivity index (χ2n) is 3.74. The Bertz CT molecular complexity index is 331. The largest absolute Gasteiger partial charge is 0.497 e. The van der Waals surface area contributed by atoms with Gasteiger partial charge in [0.2, 0.25) is 0 Å². The zero-order valence-corrected chi connectivity index (χ0v) is 10.5. The number of benzene rings is 1. The molecule has 0 atom stereocenters. The first-order valence-corrected chi connectivity index (χ1v) is 5.93. The number of halogens is 1. The van der Waals surface area contributed by atoms with E-state index >= 15 is 0 Å². The summed E-state index contributed by atoms with van der Waals surface area (Å²) >= 11 is 0. The molecule has 1 aromatic rings. The van der Waals surface area contributed by atoms with Crippen molar-refractivity contribution in [3.8, 4) is 5.75 Å². The molecular formula is C13H20FNO2. The van der Waals surface area contributed by atoms with Crippen LogP contribution in [0, 0.1) is 5.82 Å². The Morgan fingerprint density at radius 1 is 1.29 bits per heavy atom. The van der Waals surface area contributed by atoms with Gasteiger partial charge >= 0.3 is 0 Å². The van der Waals surface area contributed by atoms with Crippen molar-refractivity contribution in [3.63, 3.8) is 0 Å². The highest BCUT2D eigenvalue weighted by molar-refractivity contribution is 5.49. The molecule has 0 bridgehead atoms. The van der Waals surface area contributed by atoms with Crippen LogP contribution in [-0.2, 0) is 4.74 Å². The maximum absolute atomic E-state index is 13.4. The van der Waals surface area contributed by atoms with Crippen LogP contribution in [0.25, 0.3) is 0 Å². The molecule has 0 saturated heterocycles. The standard InChI is InChI=1S/C13H20FNO2/c1-3-4-8-17-9-7-15-13-10-11(16-2)5-6-12(13)14/h5-6,10,15H,3-4,7-9H2,1-2H3. The van der Waals surface area contributed by atoms with Gasteiger partial charge in [0.25, 0.3) is 0 Å². The lowest BCUT2D eigenvalue weighted by atomic mass is 10.3. The van der Waals surface area contributed by atoms with Gasteiger partial charge in [-0.3, -0.25) is 0 Å². The molecular weight excluding hydrogens is 221 g/mol. The molecule has 0 amide bonds. The number of rotatable bonds is 8. The molecule has 0 aliphatic heterocycles. The number of anilines is 1. The Hall–Kier alpha value is -1.29. The number of hydrogen-bond donors (Lipinski definition) is 1. The number of ether oxygens (including phenoxy) is 2. The second kappa shape index (κ2) is 7.90. The molecule has 4 heteroatoms.